The summed E-state index contributed by atoms with van der Waals surface area (Å²) in [5.41, 5.74) is 5.79. The standard InChI is InChI=1S/C14H22N4O.2ClH/c1-11(12(2)15)14(19)18-9-7-17(8-10-18)13-5-3-4-6-16-13;;/h3-6,11-12H,7-10,15H2,1-2H3;2*1H. The zero-order valence-electron chi connectivity index (χ0n) is 12.4. The molecule has 1 saturated heterocycles. The van der Waals surface area contributed by atoms with E-state index in [-0.39, 0.29) is 42.7 Å². The Labute approximate surface area is 138 Å². The molecule has 0 radical (unpaired) electrons. The second-order valence-electron chi connectivity index (χ2n) is 5.15. The van der Waals surface area contributed by atoms with Crippen molar-refractivity contribution in [2.24, 2.45) is 11.7 Å². The third-order valence-corrected chi connectivity index (χ3v) is 3.74. The van der Waals surface area contributed by atoms with Crippen molar-refractivity contribution in [3.05, 3.63) is 24.4 Å². The number of nitrogens with zero attached hydrogens (tertiary/aromatic N) is 3. The lowest BCUT2D eigenvalue weighted by Gasteiger charge is -2.37. The number of piperazine rings is 1. The minimum Gasteiger partial charge on any atom is -0.353 e. The summed E-state index contributed by atoms with van der Waals surface area (Å²) in [6.07, 6.45) is 1.80. The fourth-order valence-electron chi connectivity index (χ4n) is 2.21. The molecular weight excluding hydrogens is 311 g/mol. The Balaban J connectivity index is 0.00000200. The van der Waals surface area contributed by atoms with Gasteiger partial charge in [0.2, 0.25) is 5.91 Å². The Morgan fingerprint density at radius 3 is 2.29 bits per heavy atom. The van der Waals surface area contributed by atoms with E-state index in [2.05, 4.69) is 9.88 Å². The van der Waals surface area contributed by atoms with Gasteiger partial charge in [-0.1, -0.05) is 13.0 Å². The van der Waals surface area contributed by atoms with Crippen LogP contribution in [-0.4, -0.2) is 48.0 Å². The van der Waals surface area contributed by atoms with Crippen molar-refractivity contribution in [1.29, 1.82) is 0 Å². The van der Waals surface area contributed by atoms with Crippen molar-refractivity contribution in [1.82, 2.24) is 9.88 Å². The summed E-state index contributed by atoms with van der Waals surface area (Å²) in [4.78, 5) is 20.7. The minimum atomic E-state index is -0.110. The van der Waals surface area contributed by atoms with Crippen molar-refractivity contribution >= 4 is 36.5 Å². The first-order valence-corrected chi connectivity index (χ1v) is 6.80. The van der Waals surface area contributed by atoms with Crippen molar-refractivity contribution < 1.29 is 4.79 Å². The highest BCUT2D eigenvalue weighted by Crippen LogP contribution is 2.14. The number of carbonyl (C=O) groups is 1. The number of anilines is 1. The van der Waals surface area contributed by atoms with Crippen LogP contribution in [0.15, 0.2) is 24.4 Å². The first kappa shape index (κ1) is 20.0. The molecule has 2 rings (SSSR count). The number of hydrogen-bond donors (Lipinski definition) is 1. The number of halogens is 2. The third-order valence-electron chi connectivity index (χ3n) is 3.74. The fourth-order valence-corrected chi connectivity index (χ4v) is 2.21. The lowest BCUT2D eigenvalue weighted by atomic mass is 10.0. The van der Waals surface area contributed by atoms with Crippen molar-refractivity contribution in [3.63, 3.8) is 0 Å². The third kappa shape index (κ3) is 5.02. The summed E-state index contributed by atoms with van der Waals surface area (Å²) in [5.74, 6) is 1.03. The summed E-state index contributed by atoms with van der Waals surface area (Å²) < 4.78 is 0. The smallest absolute Gasteiger partial charge is 0.227 e. The molecular formula is C14H24Cl2N4O. The van der Waals surface area contributed by atoms with Gasteiger partial charge >= 0.3 is 0 Å². The van der Waals surface area contributed by atoms with Gasteiger partial charge in [-0.25, -0.2) is 4.98 Å². The van der Waals surface area contributed by atoms with Gasteiger partial charge in [-0.05, 0) is 19.1 Å². The van der Waals surface area contributed by atoms with Crippen LogP contribution in [0.5, 0.6) is 0 Å². The molecule has 1 aromatic heterocycles. The second-order valence-corrected chi connectivity index (χ2v) is 5.15. The maximum Gasteiger partial charge on any atom is 0.227 e. The molecule has 1 fully saturated rings. The Morgan fingerprint density at radius 1 is 1.19 bits per heavy atom. The number of nitrogens with two attached hydrogens (primary N) is 1. The maximum absolute atomic E-state index is 12.2. The Hall–Kier alpha value is -1.04. The largest absolute Gasteiger partial charge is 0.353 e. The van der Waals surface area contributed by atoms with Crippen LogP contribution in [0, 0.1) is 5.92 Å². The molecule has 2 N–H and O–H groups in total. The zero-order valence-corrected chi connectivity index (χ0v) is 14.1. The molecule has 5 nitrogen and oxygen atoms in total. The first-order valence-electron chi connectivity index (χ1n) is 6.80. The van der Waals surface area contributed by atoms with E-state index in [9.17, 15) is 4.79 Å². The molecule has 2 unspecified atom stereocenters. The molecule has 21 heavy (non-hydrogen) atoms. The predicted molar refractivity (Wildman–Crippen MR) is 90.3 cm³/mol. The summed E-state index contributed by atoms with van der Waals surface area (Å²) >= 11 is 0. The average Bonchev–Trinajstić information content (AvgIpc) is 2.46. The maximum atomic E-state index is 12.2. The summed E-state index contributed by atoms with van der Waals surface area (Å²) in [5, 5.41) is 0. The monoisotopic (exact) mass is 334 g/mol. The van der Waals surface area contributed by atoms with Gasteiger partial charge in [-0.3, -0.25) is 4.79 Å². The highest BCUT2D eigenvalue weighted by Gasteiger charge is 2.26. The topological polar surface area (TPSA) is 62.5 Å². The van der Waals surface area contributed by atoms with Gasteiger partial charge in [-0.2, -0.15) is 0 Å². The first-order chi connectivity index (χ1) is 9.09. The number of carbonyl (C=O) groups excluding carboxylic acids is 1. The van der Waals surface area contributed by atoms with Crippen LogP contribution in [0.1, 0.15) is 13.8 Å². The molecule has 1 aliphatic heterocycles. The van der Waals surface area contributed by atoms with E-state index in [4.69, 9.17) is 5.73 Å². The quantitative estimate of drug-likeness (QED) is 0.911. The van der Waals surface area contributed by atoms with Crippen LogP contribution in [0.3, 0.4) is 0 Å². The van der Waals surface area contributed by atoms with Crippen LogP contribution in [-0.2, 0) is 4.79 Å². The fraction of sp³-hybridized carbons (Fsp3) is 0.571. The molecule has 0 bridgehead atoms. The van der Waals surface area contributed by atoms with Gasteiger partial charge in [0.25, 0.3) is 0 Å². The number of rotatable bonds is 3. The average molecular weight is 335 g/mol. The Bertz CT molecular complexity index is 422. The lowest BCUT2D eigenvalue weighted by Crippen LogP contribution is -2.52. The van der Waals surface area contributed by atoms with E-state index in [0.29, 0.717) is 0 Å². The summed E-state index contributed by atoms with van der Waals surface area (Å²) in [6, 6.07) is 5.80. The van der Waals surface area contributed by atoms with Gasteiger partial charge in [-0.15, -0.1) is 24.8 Å². The van der Waals surface area contributed by atoms with Crippen LogP contribution < -0.4 is 10.6 Å². The van der Waals surface area contributed by atoms with Gasteiger partial charge < -0.3 is 15.5 Å². The van der Waals surface area contributed by atoms with Gasteiger partial charge in [0.1, 0.15) is 5.82 Å². The predicted octanol–water partition coefficient (Wildman–Crippen LogP) is 1.56. The van der Waals surface area contributed by atoms with Gasteiger partial charge in [0, 0.05) is 38.4 Å². The zero-order chi connectivity index (χ0) is 13.8. The van der Waals surface area contributed by atoms with E-state index in [1.165, 1.54) is 0 Å². The Kier molecular flexibility index (Phi) is 8.63. The van der Waals surface area contributed by atoms with E-state index >= 15 is 0 Å². The normalized spacial score (nSPS) is 17.3. The Morgan fingerprint density at radius 2 is 1.81 bits per heavy atom. The molecule has 1 aromatic rings. The molecule has 1 amide bonds. The molecule has 0 saturated carbocycles. The van der Waals surface area contributed by atoms with Gasteiger partial charge in [0.15, 0.2) is 0 Å². The summed E-state index contributed by atoms with van der Waals surface area (Å²) in [6.45, 7) is 6.92. The molecule has 2 atom stereocenters. The molecule has 120 valence electrons. The van der Waals surface area contributed by atoms with Crippen molar-refractivity contribution in [2.45, 2.75) is 19.9 Å². The minimum absolute atomic E-state index is 0. The number of aromatic nitrogens is 1. The van der Waals surface area contributed by atoms with Crippen LogP contribution >= 0.6 is 24.8 Å². The van der Waals surface area contributed by atoms with Crippen LogP contribution in [0.2, 0.25) is 0 Å². The van der Waals surface area contributed by atoms with Crippen LogP contribution in [0.25, 0.3) is 0 Å². The molecule has 0 spiro atoms. The second kappa shape index (κ2) is 9.07. The van der Waals surface area contributed by atoms with Crippen molar-refractivity contribution in [3.8, 4) is 0 Å². The number of pyridine rings is 1. The molecule has 0 aliphatic carbocycles. The SMILES string of the molecule is CC(N)C(C)C(=O)N1CCN(c2ccccn2)CC1.Cl.Cl. The van der Waals surface area contributed by atoms with Gasteiger partial charge in [0.05, 0.1) is 5.92 Å². The molecule has 1 aliphatic rings. The van der Waals surface area contributed by atoms with E-state index in [1.807, 2.05) is 36.9 Å². The van der Waals surface area contributed by atoms with E-state index in [0.717, 1.165) is 32.0 Å². The summed E-state index contributed by atoms with van der Waals surface area (Å²) in [7, 11) is 0. The number of hydrogen-bond acceptors (Lipinski definition) is 4. The molecule has 0 aromatic carbocycles. The van der Waals surface area contributed by atoms with Crippen LogP contribution in [0.4, 0.5) is 5.82 Å². The van der Waals surface area contributed by atoms with E-state index < -0.39 is 0 Å². The molecule has 7 heteroatoms. The number of amides is 1. The highest BCUT2D eigenvalue weighted by atomic mass is 35.5. The highest BCUT2D eigenvalue weighted by molar-refractivity contribution is 5.85. The molecule has 2 heterocycles. The van der Waals surface area contributed by atoms with Crippen molar-refractivity contribution in [2.75, 3.05) is 31.1 Å². The van der Waals surface area contributed by atoms with E-state index in [1.54, 1.807) is 6.20 Å². The lowest BCUT2D eigenvalue weighted by molar-refractivity contribution is -0.135.